The summed E-state index contributed by atoms with van der Waals surface area (Å²) in [6.07, 6.45) is 3.02. The van der Waals surface area contributed by atoms with Crippen molar-refractivity contribution in [1.29, 1.82) is 0 Å². The van der Waals surface area contributed by atoms with Gasteiger partial charge in [-0.25, -0.2) is 17.8 Å². The van der Waals surface area contributed by atoms with E-state index in [-0.39, 0.29) is 16.4 Å². The molecule has 2 aromatic heterocycles. The molecular weight excluding hydrogens is 423 g/mol. The van der Waals surface area contributed by atoms with Crippen molar-refractivity contribution >= 4 is 21.2 Å². The number of aromatic nitrogens is 2. The van der Waals surface area contributed by atoms with Crippen LogP contribution in [0.15, 0.2) is 35.5 Å². The average Bonchev–Trinajstić information content (AvgIpc) is 3.12. The van der Waals surface area contributed by atoms with Gasteiger partial charge in [-0.2, -0.15) is 0 Å². The van der Waals surface area contributed by atoms with E-state index in [1.807, 2.05) is 0 Å². The Morgan fingerprint density at radius 3 is 2.48 bits per heavy atom. The summed E-state index contributed by atoms with van der Waals surface area (Å²) < 4.78 is 52.1. The Labute approximate surface area is 181 Å². The molecule has 3 N–H and O–H groups in total. The number of rotatable bonds is 7. The van der Waals surface area contributed by atoms with Crippen LogP contribution in [0.2, 0.25) is 0 Å². The van der Waals surface area contributed by atoms with Crippen LogP contribution in [-0.2, 0) is 9.84 Å². The van der Waals surface area contributed by atoms with Gasteiger partial charge in [0.15, 0.2) is 21.4 Å². The number of imidazole rings is 1. The van der Waals surface area contributed by atoms with Gasteiger partial charge in [-0.1, -0.05) is 0 Å². The van der Waals surface area contributed by atoms with E-state index in [1.165, 1.54) is 26.5 Å². The van der Waals surface area contributed by atoms with Gasteiger partial charge in [0.05, 0.1) is 36.5 Å². The first-order chi connectivity index (χ1) is 14.5. The van der Waals surface area contributed by atoms with Crippen LogP contribution in [0, 0.1) is 5.82 Å². The molecule has 2 heterocycles. The molecule has 1 aromatic carbocycles. The van der Waals surface area contributed by atoms with Gasteiger partial charge >= 0.3 is 0 Å². The van der Waals surface area contributed by atoms with Crippen LogP contribution in [-0.4, -0.2) is 49.9 Å². The van der Waals surface area contributed by atoms with E-state index in [4.69, 9.17) is 15.2 Å². The third-order valence-electron chi connectivity index (χ3n) is 4.89. The normalized spacial score (nSPS) is 12.2. The Balaban J connectivity index is 2.26. The number of benzene rings is 1. The highest BCUT2D eigenvalue weighted by Gasteiger charge is 2.34. The van der Waals surface area contributed by atoms with Crippen molar-refractivity contribution in [1.82, 2.24) is 9.38 Å². The SMILES string of the molecule is COc1cc2ncc(-c3cc(F)c(OC)c(NCCN)c3)n2cc1S(=O)(=O)C(C)(C)C. The number of anilines is 1. The standard InChI is InChI=1S/C21H27FN4O4S/c1-21(2,3)31(27,28)18-12-26-16(11-25-19(26)10-17(18)29-4)13-8-14(22)20(30-5)15(9-13)24-7-6-23/h8-12,24H,6-7,23H2,1-5H3. The number of pyridine rings is 1. The van der Waals surface area contributed by atoms with Gasteiger partial charge in [-0.15, -0.1) is 0 Å². The number of nitrogens with one attached hydrogen (secondary N) is 1. The largest absolute Gasteiger partial charge is 0.495 e. The maximum Gasteiger partial charge on any atom is 0.188 e. The fourth-order valence-electron chi connectivity index (χ4n) is 3.18. The summed E-state index contributed by atoms with van der Waals surface area (Å²) in [5.41, 5.74) is 7.47. The molecule has 168 valence electrons. The van der Waals surface area contributed by atoms with Crippen molar-refractivity contribution in [3.63, 3.8) is 0 Å². The van der Waals surface area contributed by atoms with E-state index < -0.39 is 20.4 Å². The molecule has 3 rings (SSSR count). The number of sulfone groups is 1. The monoisotopic (exact) mass is 450 g/mol. The van der Waals surface area contributed by atoms with Gasteiger partial charge in [-0.3, -0.25) is 4.40 Å². The molecule has 8 nitrogen and oxygen atoms in total. The lowest BCUT2D eigenvalue weighted by atomic mass is 10.1. The Kier molecular flexibility index (Phi) is 6.15. The number of fused-ring (bicyclic) bond motifs is 1. The van der Waals surface area contributed by atoms with Crippen LogP contribution in [0.25, 0.3) is 16.9 Å². The summed E-state index contributed by atoms with van der Waals surface area (Å²) >= 11 is 0. The van der Waals surface area contributed by atoms with Crippen LogP contribution in [0.5, 0.6) is 11.5 Å². The molecule has 3 aromatic rings. The molecule has 0 aliphatic heterocycles. The third kappa shape index (κ3) is 4.05. The minimum Gasteiger partial charge on any atom is -0.495 e. The van der Waals surface area contributed by atoms with E-state index >= 15 is 0 Å². The highest BCUT2D eigenvalue weighted by Crippen LogP contribution is 2.37. The Morgan fingerprint density at radius 1 is 1.19 bits per heavy atom. The second-order valence-electron chi connectivity index (χ2n) is 7.95. The van der Waals surface area contributed by atoms with Gasteiger partial charge in [0.1, 0.15) is 16.3 Å². The number of hydrogen-bond acceptors (Lipinski definition) is 7. The van der Waals surface area contributed by atoms with Gasteiger partial charge in [0.25, 0.3) is 0 Å². The molecule has 0 spiro atoms. The first-order valence-corrected chi connectivity index (χ1v) is 11.1. The number of nitrogens with zero attached hydrogens (tertiary/aromatic N) is 2. The minimum atomic E-state index is -3.72. The molecular formula is C21H27FN4O4S. The van der Waals surface area contributed by atoms with Gasteiger partial charge in [-0.05, 0) is 32.9 Å². The molecule has 0 saturated heterocycles. The fourth-order valence-corrected chi connectivity index (χ4v) is 4.49. The maximum atomic E-state index is 14.7. The third-order valence-corrected chi connectivity index (χ3v) is 7.39. The summed E-state index contributed by atoms with van der Waals surface area (Å²) in [5, 5.41) is 3.04. The van der Waals surface area contributed by atoms with Crippen molar-refractivity contribution < 1.29 is 22.3 Å². The Hall–Kier alpha value is -2.85. The van der Waals surface area contributed by atoms with E-state index in [2.05, 4.69) is 10.3 Å². The maximum absolute atomic E-state index is 14.7. The smallest absolute Gasteiger partial charge is 0.188 e. The molecule has 0 aliphatic rings. The Morgan fingerprint density at radius 2 is 1.90 bits per heavy atom. The van der Waals surface area contributed by atoms with Crippen LogP contribution < -0.4 is 20.5 Å². The molecule has 0 radical (unpaired) electrons. The van der Waals surface area contributed by atoms with E-state index in [0.717, 1.165) is 0 Å². The summed E-state index contributed by atoms with van der Waals surface area (Å²) in [5.74, 6) is -0.292. The van der Waals surface area contributed by atoms with Crippen LogP contribution in [0.3, 0.4) is 0 Å². The van der Waals surface area contributed by atoms with Gasteiger partial charge in [0, 0.05) is 30.9 Å². The number of ether oxygens (including phenoxy) is 2. The first-order valence-electron chi connectivity index (χ1n) is 9.66. The lowest BCUT2D eigenvalue weighted by molar-refractivity contribution is 0.388. The van der Waals surface area contributed by atoms with E-state index in [1.54, 1.807) is 43.5 Å². The van der Waals surface area contributed by atoms with Crippen molar-refractivity contribution in [2.24, 2.45) is 5.73 Å². The zero-order valence-electron chi connectivity index (χ0n) is 18.2. The van der Waals surface area contributed by atoms with Crippen LogP contribution >= 0.6 is 0 Å². The number of hydrogen-bond donors (Lipinski definition) is 2. The van der Waals surface area contributed by atoms with Crippen molar-refractivity contribution in [2.45, 2.75) is 30.4 Å². The summed E-state index contributed by atoms with van der Waals surface area (Å²) in [6, 6.07) is 4.58. The summed E-state index contributed by atoms with van der Waals surface area (Å²) in [6.45, 7) is 5.65. The summed E-state index contributed by atoms with van der Waals surface area (Å²) in [4.78, 5) is 4.38. The minimum absolute atomic E-state index is 0.0321. The summed E-state index contributed by atoms with van der Waals surface area (Å²) in [7, 11) is -0.927. The quantitative estimate of drug-likeness (QED) is 0.569. The van der Waals surface area contributed by atoms with E-state index in [9.17, 15) is 12.8 Å². The van der Waals surface area contributed by atoms with Crippen molar-refractivity contribution in [2.75, 3.05) is 32.6 Å². The molecule has 0 amide bonds. The van der Waals surface area contributed by atoms with Crippen LogP contribution in [0.1, 0.15) is 20.8 Å². The lowest BCUT2D eigenvalue weighted by Crippen LogP contribution is -2.28. The highest BCUT2D eigenvalue weighted by molar-refractivity contribution is 7.92. The number of halogens is 1. The Bertz CT molecular complexity index is 1220. The van der Waals surface area contributed by atoms with Crippen LogP contribution in [0.4, 0.5) is 10.1 Å². The molecule has 0 atom stereocenters. The lowest BCUT2D eigenvalue weighted by Gasteiger charge is -2.21. The van der Waals surface area contributed by atoms with Gasteiger partial charge < -0.3 is 20.5 Å². The van der Waals surface area contributed by atoms with Crippen molar-refractivity contribution in [3.8, 4) is 22.8 Å². The average molecular weight is 451 g/mol. The number of methoxy groups -OCH3 is 2. The molecule has 0 aliphatic carbocycles. The zero-order chi connectivity index (χ0) is 23.0. The zero-order valence-corrected chi connectivity index (χ0v) is 19.0. The molecule has 0 unspecified atom stereocenters. The van der Waals surface area contributed by atoms with Gasteiger partial charge in [0.2, 0.25) is 0 Å². The predicted octanol–water partition coefficient (Wildman–Crippen LogP) is 3.10. The topological polar surface area (TPSA) is 108 Å². The van der Waals surface area contributed by atoms with E-state index in [0.29, 0.717) is 35.7 Å². The molecule has 0 bridgehead atoms. The molecule has 10 heteroatoms. The highest BCUT2D eigenvalue weighted by atomic mass is 32.2. The number of nitrogens with two attached hydrogens (primary N) is 1. The fraction of sp³-hybridized carbons (Fsp3) is 0.381. The second kappa shape index (κ2) is 8.35. The van der Waals surface area contributed by atoms with Crippen molar-refractivity contribution in [3.05, 3.63) is 36.4 Å². The molecule has 0 fully saturated rings. The second-order valence-corrected chi connectivity index (χ2v) is 10.6. The molecule has 31 heavy (non-hydrogen) atoms. The predicted molar refractivity (Wildman–Crippen MR) is 118 cm³/mol. The first kappa shape index (κ1) is 22.8. The molecule has 0 saturated carbocycles.